The summed E-state index contributed by atoms with van der Waals surface area (Å²) >= 11 is 0. The fourth-order valence-electron chi connectivity index (χ4n) is 2.23. The molecule has 0 aliphatic carbocycles. The number of nitrogens with zero attached hydrogens (tertiary/aromatic N) is 4. The minimum absolute atomic E-state index is 0.472. The number of rotatable bonds is 3. The van der Waals surface area contributed by atoms with Crippen LogP contribution in [0.3, 0.4) is 0 Å². The molecule has 5 nitrogen and oxygen atoms in total. The highest BCUT2D eigenvalue weighted by Gasteiger charge is 2.21. The van der Waals surface area contributed by atoms with E-state index in [0.717, 1.165) is 44.2 Å². The van der Waals surface area contributed by atoms with Crippen LogP contribution in [-0.4, -0.2) is 53.6 Å². The van der Waals surface area contributed by atoms with Crippen molar-refractivity contribution in [1.82, 2.24) is 14.9 Å². The maximum Gasteiger partial charge on any atom is 0.150 e. The van der Waals surface area contributed by atoms with Crippen molar-refractivity contribution in [3.63, 3.8) is 0 Å². The second kappa shape index (κ2) is 5.42. The van der Waals surface area contributed by atoms with Crippen molar-refractivity contribution in [2.45, 2.75) is 19.9 Å². The van der Waals surface area contributed by atoms with E-state index in [2.05, 4.69) is 26.7 Å². The first-order valence-corrected chi connectivity index (χ1v) is 6.19. The van der Waals surface area contributed by atoms with Crippen LogP contribution in [0.1, 0.15) is 12.6 Å². The lowest BCUT2D eigenvalue weighted by molar-refractivity contribution is 0.201. The number of hydrogen-bond donors (Lipinski definition) is 1. The Morgan fingerprint density at radius 1 is 1.24 bits per heavy atom. The van der Waals surface area contributed by atoms with E-state index in [1.165, 1.54) is 0 Å². The second-order valence-electron chi connectivity index (χ2n) is 4.57. The smallest absolute Gasteiger partial charge is 0.150 e. The molecule has 0 saturated carbocycles. The molecular weight excluding hydrogens is 214 g/mol. The summed E-state index contributed by atoms with van der Waals surface area (Å²) in [5.74, 6) is 1.02. The molecule has 1 unspecified atom stereocenters. The van der Waals surface area contributed by atoms with Crippen LogP contribution >= 0.6 is 0 Å². The van der Waals surface area contributed by atoms with Crippen LogP contribution in [0, 0.1) is 6.92 Å². The zero-order valence-electron chi connectivity index (χ0n) is 10.6. The van der Waals surface area contributed by atoms with Crippen molar-refractivity contribution in [1.29, 1.82) is 0 Å². The molecule has 0 radical (unpaired) electrons. The van der Waals surface area contributed by atoms with Crippen molar-refractivity contribution in [2.24, 2.45) is 5.73 Å². The van der Waals surface area contributed by atoms with Gasteiger partial charge in [-0.05, 0) is 13.8 Å². The first-order valence-electron chi connectivity index (χ1n) is 6.19. The average Bonchev–Trinajstić information content (AvgIpc) is 2.39. The van der Waals surface area contributed by atoms with Crippen LogP contribution in [0.4, 0.5) is 5.82 Å². The third-order valence-corrected chi connectivity index (χ3v) is 3.43. The van der Waals surface area contributed by atoms with Gasteiger partial charge in [-0.3, -0.25) is 9.88 Å². The van der Waals surface area contributed by atoms with Gasteiger partial charge in [-0.1, -0.05) is 0 Å². The molecule has 0 spiro atoms. The van der Waals surface area contributed by atoms with Gasteiger partial charge in [-0.15, -0.1) is 0 Å². The molecule has 1 aliphatic rings. The quantitative estimate of drug-likeness (QED) is 0.814. The van der Waals surface area contributed by atoms with Gasteiger partial charge in [0.2, 0.25) is 0 Å². The summed E-state index contributed by atoms with van der Waals surface area (Å²) in [7, 11) is 0. The van der Waals surface area contributed by atoms with E-state index < -0.39 is 0 Å². The van der Waals surface area contributed by atoms with Gasteiger partial charge in [0.05, 0.1) is 5.69 Å². The maximum atomic E-state index is 5.70. The van der Waals surface area contributed by atoms with E-state index in [-0.39, 0.29) is 0 Å². The Bertz CT molecular complexity index is 360. The number of aryl methyl sites for hydroxylation is 1. The van der Waals surface area contributed by atoms with Crippen molar-refractivity contribution in [3.05, 3.63) is 18.1 Å². The van der Waals surface area contributed by atoms with Crippen LogP contribution in [-0.2, 0) is 0 Å². The molecule has 0 aromatic carbocycles. The number of nitrogens with two attached hydrogens (primary N) is 1. The van der Waals surface area contributed by atoms with Crippen molar-refractivity contribution in [3.8, 4) is 0 Å². The lowest BCUT2D eigenvalue weighted by Crippen LogP contribution is -2.51. The molecule has 1 aromatic rings. The number of anilines is 1. The SMILES string of the molecule is Cc1nccnc1N1CCN(C(C)CN)CC1. The highest BCUT2D eigenvalue weighted by atomic mass is 15.3. The van der Waals surface area contributed by atoms with Gasteiger partial charge in [0.25, 0.3) is 0 Å². The van der Waals surface area contributed by atoms with Crippen LogP contribution in [0.2, 0.25) is 0 Å². The number of aromatic nitrogens is 2. The van der Waals surface area contributed by atoms with Gasteiger partial charge in [-0.25, -0.2) is 4.98 Å². The van der Waals surface area contributed by atoms with Gasteiger partial charge in [0.1, 0.15) is 5.82 Å². The molecule has 0 bridgehead atoms. The zero-order valence-corrected chi connectivity index (χ0v) is 10.6. The lowest BCUT2D eigenvalue weighted by atomic mass is 10.2. The topological polar surface area (TPSA) is 58.3 Å². The molecule has 1 fully saturated rings. The van der Waals surface area contributed by atoms with Crippen molar-refractivity contribution in [2.75, 3.05) is 37.6 Å². The zero-order chi connectivity index (χ0) is 12.3. The Labute approximate surface area is 103 Å². The summed E-state index contributed by atoms with van der Waals surface area (Å²) in [6.07, 6.45) is 3.50. The molecule has 5 heteroatoms. The van der Waals surface area contributed by atoms with E-state index in [9.17, 15) is 0 Å². The predicted molar refractivity (Wildman–Crippen MR) is 69.1 cm³/mol. The Balaban J connectivity index is 1.98. The normalized spacial score (nSPS) is 19.4. The van der Waals surface area contributed by atoms with Gasteiger partial charge in [-0.2, -0.15) is 0 Å². The molecule has 0 amide bonds. The molecule has 1 atom stereocenters. The Morgan fingerprint density at radius 2 is 1.88 bits per heavy atom. The Kier molecular flexibility index (Phi) is 3.91. The number of piperazine rings is 1. The standard InChI is InChI=1S/C12H21N5/c1-10(9-13)16-5-7-17(8-6-16)12-11(2)14-3-4-15-12/h3-4,10H,5-9,13H2,1-2H3. The third-order valence-electron chi connectivity index (χ3n) is 3.43. The van der Waals surface area contributed by atoms with Gasteiger partial charge < -0.3 is 10.6 Å². The molecule has 2 N–H and O–H groups in total. The minimum Gasteiger partial charge on any atom is -0.353 e. The van der Waals surface area contributed by atoms with Crippen molar-refractivity contribution < 1.29 is 0 Å². The molecule has 1 aliphatic heterocycles. The Morgan fingerprint density at radius 3 is 2.47 bits per heavy atom. The maximum absolute atomic E-state index is 5.70. The summed E-state index contributed by atoms with van der Waals surface area (Å²) in [5, 5.41) is 0. The minimum atomic E-state index is 0.472. The number of hydrogen-bond acceptors (Lipinski definition) is 5. The van der Waals surface area contributed by atoms with Crippen LogP contribution < -0.4 is 10.6 Å². The summed E-state index contributed by atoms with van der Waals surface area (Å²) < 4.78 is 0. The van der Waals surface area contributed by atoms with Crippen LogP contribution in [0.5, 0.6) is 0 Å². The van der Waals surface area contributed by atoms with E-state index in [0.29, 0.717) is 6.04 Å². The average molecular weight is 235 g/mol. The third kappa shape index (κ3) is 2.73. The first-order chi connectivity index (χ1) is 8.22. The van der Waals surface area contributed by atoms with E-state index in [4.69, 9.17) is 5.73 Å². The molecule has 2 rings (SSSR count). The summed E-state index contributed by atoms with van der Waals surface area (Å²) in [6.45, 7) is 9.03. The monoisotopic (exact) mass is 235 g/mol. The van der Waals surface area contributed by atoms with Crippen molar-refractivity contribution >= 4 is 5.82 Å². The second-order valence-corrected chi connectivity index (χ2v) is 4.57. The predicted octanol–water partition coefficient (Wildman–Crippen LogP) is 0.254. The molecule has 1 aromatic heterocycles. The Hall–Kier alpha value is -1.20. The first kappa shape index (κ1) is 12.3. The lowest BCUT2D eigenvalue weighted by Gasteiger charge is -2.38. The van der Waals surface area contributed by atoms with Crippen LogP contribution in [0.25, 0.3) is 0 Å². The van der Waals surface area contributed by atoms with Gasteiger partial charge in [0, 0.05) is 51.2 Å². The van der Waals surface area contributed by atoms with E-state index in [1.54, 1.807) is 12.4 Å². The van der Waals surface area contributed by atoms with Gasteiger partial charge >= 0.3 is 0 Å². The van der Waals surface area contributed by atoms with E-state index >= 15 is 0 Å². The molecule has 2 heterocycles. The largest absolute Gasteiger partial charge is 0.353 e. The summed E-state index contributed by atoms with van der Waals surface area (Å²) in [6, 6.07) is 0.472. The van der Waals surface area contributed by atoms with E-state index in [1.807, 2.05) is 6.92 Å². The fourth-order valence-corrected chi connectivity index (χ4v) is 2.23. The fraction of sp³-hybridized carbons (Fsp3) is 0.667. The molecule has 94 valence electrons. The molecule has 1 saturated heterocycles. The molecular formula is C12H21N5. The highest BCUT2D eigenvalue weighted by Crippen LogP contribution is 2.16. The molecule has 17 heavy (non-hydrogen) atoms. The summed E-state index contributed by atoms with van der Waals surface area (Å²) in [5.41, 5.74) is 6.70. The highest BCUT2D eigenvalue weighted by molar-refractivity contribution is 5.42. The summed E-state index contributed by atoms with van der Waals surface area (Å²) in [4.78, 5) is 13.4. The van der Waals surface area contributed by atoms with Gasteiger partial charge in [0.15, 0.2) is 0 Å². The van der Waals surface area contributed by atoms with Crippen LogP contribution in [0.15, 0.2) is 12.4 Å².